The molecule has 0 spiro atoms. The Morgan fingerprint density at radius 2 is 2.00 bits per heavy atom. The molecule has 0 aromatic heterocycles. The number of rotatable bonds is 6. The summed E-state index contributed by atoms with van der Waals surface area (Å²) in [6.07, 6.45) is 2.97. The lowest BCUT2D eigenvalue weighted by molar-refractivity contribution is -0.140. The zero-order chi connectivity index (χ0) is 12.7. The van der Waals surface area contributed by atoms with Crippen LogP contribution in [-0.4, -0.2) is 48.1 Å². The van der Waals surface area contributed by atoms with Crippen molar-refractivity contribution < 1.29 is 14.7 Å². The Labute approximate surface area is 102 Å². The van der Waals surface area contributed by atoms with Crippen LogP contribution >= 0.6 is 0 Å². The largest absolute Gasteiger partial charge is 0.481 e. The molecule has 1 rings (SSSR count). The number of carbonyl (C=O) groups excluding carboxylic acids is 1. The molecule has 0 bridgehead atoms. The van der Waals surface area contributed by atoms with Gasteiger partial charge < -0.3 is 15.3 Å². The molecule has 0 aromatic rings. The smallest absolute Gasteiger partial charge is 0.312 e. The van der Waals surface area contributed by atoms with Crippen LogP contribution in [0.3, 0.4) is 0 Å². The molecule has 0 unspecified atom stereocenters. The van der Waals surface area contributed by atoms with Gasteiger partial charge in [0.15, 0.2) is 0 Å². The van der Waals surface area contributed by atoms with Gasteiger partial charge >= 0.3 is 5.97 Å². The van der Waals surface area contributed by atoms with E-state index in [2.05, 4.69) is 17.1 Å². The zero-order valence-corrected chi connectivity index (χ0v) is 10.4. The van der Waals surface area contributed by atoms with Crippen LogP contribution in [0.15, 0.2) is 0 Å². The fourth-order valence-corrected chi connectivity index (χ4v) is 2.02. The molecular weight excluding hydrogens is 220 g/mol. The van der Waals surface area contributed by atoms with Gasteiger partial charge in [-0.25, -0.2) is 0 Å². The predicted molar refractivity (Wildman–Crippen MR) is 64.7 cm³/mol. The number of carboxylic acid groups (broad SMARTS) is 1. The molecule has 0 aliphatic carbocycles. The highest BCUT2D eigenvalue weighted by molar-refractivity contribution is 5.93. The van der Waals surface area contributed by atoms with E-state index >= 15 is 0 Å². The van der Waals surface area contributed by atoms with Gasteiger partial charge in [0.1, 0.15) is 6.42 Å². The molecule has 1 heterocycles. The molecule has 1 amide bonds. The number of piperidine rings is 1. The quantitative estimate of drug-likeness (QED) is 0.531. The van der Waals surface area contributed by atoms with Gasteiger partial charge in [-0.3, -0.25) is 9.59 Å². The van der Waals surface area contributed by atoms with Gasteiger partial charge in [0.25, 0.3) is 0 Å². The first-order valence-electron chi connectivity index (χ1n) is 6.29. The van der Waals surface area contributed by atoms with E-state index in [0.717, 1.165) is 32.0 Å². The molecule has 0 radical (unpaired) electrons. The highest BCUT2D eigenvalue weighted by atomic mass is 16.4. The van der Waals surface area contributed by atoms with E-state index < -0.39 is 18.3 Å². The van der Waals surface area contributed by atoms with Crippen molar-refractivity contribution in [3.63, 3.8) is 0 Å². The summed E-state index contributed by atoms with van der Waals surface area (Å²) >= 11 is 0. The fraction of sp³-hybridized carbons (Fsp3) is 0.833. The Kier molecular flexibility index (Phi) is 5.97. The van der Waals surface area contributed by atoms with Crippen LogP contribution in [0.1, 0.15) is 32.6 Å². The Hall–Kier alpha value is -1.10. The van der Waals surface area contributed by atoms with Gasteiger partial charge in [0.2, 0.25) is 5.91 Å². The van der Waals surface area contributed by atoms with E-state index in [1.807, 2.05) is 0 Å². The second-order valence-electron chi connectivity index (χ2n) is 4.80. The molecule has 17 heavy (non-hydrogen) atoms. The molecular formula is C12H22N2O3. The summed E-state index contributed by atoms with van der Waals surface area (Å²) in [5.74, 6) is -0.640. The third-order valence-corrected chi connectivity index (χ3v) is 3.16. The van der Waals surface area contributed by atoms with Crippen LogP contribution in [0, 0.1) is 5.92 Å². The minimum atomic E-state index is -1.08. The first-order chi connectivity index (χ1) is 8.08. The van der Waals surface area contributed by atoms with Crippen LogP contribution in [0.2, 0.25) is 0 Å². The monoisotopic (exact) mass is 242 g/mol. The van der Waals surface area contributed by atoms with Gasteiger partial charge in [-0.05, 0) is 44.8 Å². The van der Waals surface area contributed by atoms with E-state index in [1.54, 1.807) is 0 Å². The maximum absolute atomic E-state index is 11.0. The minimum absolute atomic E-state index is 0.398. The third kappa shape index (κ3) is 6.26. The minimum Gasteiger partial charge on any atom is -0.481 e. The molecule has 1 saturated heterocycles. The number of hydrogen-bond donors (Lipinski definition) is 2. The summed E-state index contributed by atoms with van der Waals surface area (Å²) in [7, 11) is 0. The van der Waals surface area contributed by atoms with Crippen molar-refractivity contribution in [1.82, 2.24) is 10.2 Å². The van der Waals surface area contributed by atoms with Crippen LogP contribution in [0.25, 0.3) is 0 Å². The molecule has 98 valence electrons. The Bertz CT molecular complexity index is 260. The molecule has 1 aliphatic rings. The standard InChI is InChI=1S/C12H22N2O3/c1-10-3-7-14(8-4-10)6-2-5-13-11(15)9-12(16)17/h10H,2-9H2,1H3,(H,13,15)(H,16,17). The van der Waals surface area contributed by atoms with Crippen molar-refractivity contribution in [2.75, 3.05) is 26.2 Å². The molecule has 0 saturated carbocycles. The highest BCUT2D eigenvalue weighted by Gasteiger charge is 2.14. The number of aliphatic carboxylic acids is 1. The van der Waals surface area contributed by atoms with Crippen LogP contribution < -0.4 is 5.32 Å². The van der Waals surface area contributed by atoms with Gasteiger partial charge in [0.05, 0.1) is 0 Å². The maximum atomic E-state index is 11.0. The Morgan fingerprint density at radius 1 is 1.35 bits per heavy atom. The van der Waals surface area contributed by atoms with E-state index in [1.165, 1.54) is 12.8 Å². The third-order valence-electron chi connectivity index (χ3n) is 3.16. The lowest BCUT2D eigenvalue weighted by Crippen LogP contribution is -2.35. The number of likely N-dealkylation sites (tertiary alicyclic amines) is 1. The number of nitrogens with zero attached hydrogens (tertiary/aromatic N) is 1. The van der Waals surface area contributed by atoms with Gasteiger partial charge in [-0.2, -0.15) is 0 Å². The lowest BCUT2D eigenvalue weighted by Gasteiger charge is -2.30. The first kappa shape index (κ1) is 14.0. The number of carboxylic acids is 1. The number of hydrogen-bond acceptors (Lipinski definition) is 3. The van der Waals surface area contributed by atoms with Gasteiger partial charge in [0, 0.05) is 6.54 Å². The summed E-state index contributed by atoms with van der Waals surface area (Å²) in [6.45, 7) is 6.12. The van der Waals surface area contributed by atoms with Crippen LogP contribution in [0.5, 0.6) is 0 Å². The lowest BCUT2D eigenvalue weighted by atomic mass is 9.99. The molecule has 5 heteroatoms. The average Bonchev–Trinajstić information content (AvgIpc) is 2.26. The van der Waals surface area contributed by atoms with E-state index in [9.17, 15) is 9.59 Å². The number of nitrogens with one attached hydrogen (secondary N) is 1. The summed E-state index contributed by atoms with van der Waals surface area (Å²) in [5, 5.41) is 11.0. The molecule has 0 aromatic carbocycles. The average molecular weight is 242 g/mol. The Balaban J connectivity index is 2.00. The van der Waals surface area contributed by atoms with Crippen molar-refractivity contribution in [3.05, 3.63) is 0 Å². The maximum Gasteiger partial charge on any atom is 0.312 e. The van der Waals surface area contributed by atoms with Gasteiger partial charge in [-0.15, -0.1) is 0 Å². The number of amides is 1. The summed E-state index contributed by atoms with van der Waals surface area (Å²) in [4.78, 5) is 23.7. The highest BCUT2D eigenvalue weighted by Crippen LogP contribution is 2.15. The van der Waals surface area contributed by atoms with Crippen molar-refractivity contribution in [3.8, 4) is 0 Å². The van der Waals surface area contributed by atoms with Gasteiger partial charge in [-0.1, -0.05) is 6.92 Å². The normalized spacial score (nSPS) is 17.9. The first-order valence-corrected chi connectivity index (χ1v) is 6.29. The molecule has 0 atom stereocenters. The summed E-state index contributed by atoms with van der Waals surface area (Å²) < 4.78 is 0. The van der Waals surface area contributed by atoms with E-state index in [4.69, 9.17) is 5.11 Å². The van der Waals surface area contributed by atoms with Crippen molar-refractivity contribution in [2.45, 2.75) is 32.6 Å². The predicted octanol–water partition coefficient (Wildman–Crippen LogP) is 0.699. The SMILES string of the molecule is CC1CCN(CCCNC(=O)CC(=O)O)CC1. The van der Waals surface area contributed by atoms with Crippen LogP contribution in [-0.2, 0) is 9.59 Å². The van der Waals surface area contributed by atoms with E-state index in [0.29, 0.717) is 6.54 Å². The van der Waals surface area contributed by atoms with Crippen molar-refractivity contribution in [1.29, 1.82) is 0 Å². The Morgan fingerprint density at radius 3 is 2.59 bits per heavy atom. The summed E-state index contributed by atoms with van der Waals surface area (Å²) in [5.41, 5.74) is 0. The molecule has 2 N–H and O–H groups in total. The molecule has 1 aliphatic heterocycles. The number of carbonyl (C=O) groups is 2. The second-order valence-corrected chi connectivity index (χ2v) is 4.80. The molecule has 1 fully saturated rings. The van der Waals surface area contributed by atoms with Crippen molar-refractivity contribution >= 4 is 11.9 Å². The second kappa shape index (κ2) is 7.27. The molecule has 5 nitrogen and oxygen atoms in total. The van der Waals surface area contributed by atoms with Crippen molar-refractivity contribution in [2.24, 2.45) is 5.92 Å². The summed E-state index contributed by atoms with van der Waals surface area (Å²) in [6, 6.07) is 0. The van der Waals surface area contributed by atoms with E-state index in [-0.39, 0.29) is 0 Å². The topological polar surface area (TPSA) is 69.6 Å². The van der Waals surface area contributed by atoms with Crippen LogP contribution in [0.4, 0.5) is 0 Å². The zero-order valence-electron chi connectivity index (χ0n) is 10.4. The fourth-order valence-electron chi connectivity index (χ4n) is 2.02.